The molecule has 1 unspecified atom stereocenters. The summed E-state index contributed by atoms with van der Waals surface area (Å²) in [6.07, 6.45) is 8.36. The summed E-state index contributed by atoms with van der Waals surface area (Å²) in [6, 6.07) is 0. The van der Waals surface area contributed by atoms with Crippen LogP contribution in [0.1, 0.15) is 58.8 Å². The van der Waals surface area contributed by atoms with Gasteiger partial charge in [-0.15, -0.1) is 4.91 Å². The van der Waals surface area contributed by atoms with Crippen LogP contribution in [0.15, 0.2) is 5.18 Å². The zero-order valence-electron chi connectivity index (χ0n) is 9.59. The second kappa shape index (κ2) is 10.6. The van der Waals surface area contributed by atoms with E-state index in [4.69, 9.17) is 0 Å². The minimum Gasteiger partial charge on any atom is -0.293 e. The third kappa shape index (κ3) is 8.17. The summed E-state index contributed by atoms with van der Waals surface area (Å²) in [5, 5.41) is 6.12. The van der Waals surface area contributed by atoms with Crippen molar-refractivity contribution in [2.75, 3.05) is 6.54 Å². The van der Waals surface area contributed by atoms with Crippen molar-refractivity contribution >= 4 is 0 Å². The van der Waals surface area contributed by atoms with E-state index < -0.39 is 0 Å². The molecule has 3 heteroatoms. The number of hydrogen-bond donors (Lipinski definition) is 1. The van der Waals surface area contributed by atoms with Gasteiger partial charge in [-0.1, -0.05) is 51.1 Å². The minimum atomic E-state index is -0.175. The van der Waals surface area contributed by atoms with Crippen molar-refractivity contribution < 1.29 is 0 Å². The molecule has 0 aromatic carbocycles. The molecule has 84 valence electrons. The molecule has 1 atom stereocenters. The number of nitroso groups, excluding NO2 is 1. The van der Waals surface area contributed by atoms with Gasteiger partial charge in [-0.25, -0.2) is 0 Å². The van der Waals surface area contributed by atoms with Gasteiger partial charge < -0.3 is 0 Å². The molecule has 14 heavy (non-hydrogen) atoms. The number of nitrogens with zero attached hydrogens (tertiary/aromatic N) is 1. The summed E-state index contributed by atoms with van der Waals surface area (Å²) < 4.78 is 0. The lowest BCUT2D eigenvalue weighted by atomic mass is 10.1. The molecule has 3 nitrogen and oxygen atoms in total. The fourth-order valence-electron chi connectivity index (χ4n) is 1.43. The molecule has 1 N–H and O–H groups in total. The molecule has 0 aliphatic heterocycles. The van der Waals surface area contributed by atoms with Crippen molar-refractivity contribution in [2.24, 2.45) is 5.18 Å². The van der Waals surface area contributed by atoms with Gasteiger partial charge >= 0.3 is 0 Å². The Bertz CT molecular complexity index is 128. The van der Waals surface area contributed by atoms with Gasteiger partial charge in [0.15, 0.2) is 0 Å². The molecule has 0 aromatic rings. The van der Waals surface area contributed by atoms with Crippen LogP contribution < -0.4 is 5.32 Å². The van der Waals surface area contributed by atoms with Crippen molar-refractivity contribution in [3.8, 4) is 0 Å². The number of rotatable bonds is 10. The predicted molar refractivity (Wildman–Crippen MR) is 61.3 cm³/mol. The molecule has 0 aliphatic carbocycles. The van der Waals surface area contributed by atoms with E-state index in [1.165, 1.54) is 32.1 Å². The highest BCUT2D eigenvalue weighted by atomic mass is 16.3. The van der Waals surface area contributed by atoms with Crippen molar-refractivity contribution in [3.63, 3.8) is 0 Å². The van der Waals surface area contributed by atoms with Gasteiger partial charge in [0.2, 0.25) is 0 Å². The van der Waals surface area contributed by atoms with Crippen LogP contribution in [0, 0.1) is 4.91 Å². The second-order valence-corrected chi connectivity index (χ2v) is 3.75. The fourth-order valence-corrected chi connectivity index (χ4v) is 1.43. The highest BCUT2D eigenvalue weighted by Crippen LogP contribution is 2.04. The first-order valence-corrected chi connectivity index (χ1v) is 5.91. The van der Waals surface area contributed by atoms with Crippen LogP contribution in [0.25, 0.3) is 0 Å². The molecule has 0 aliphatic rings. The van der Waals surface area contributed by atoms with Crippen molar-refractivity contribution in [1.82, 2.24) is 5.32 Å². The summed E-state index contributed by atoms with van der Waals surface area (Å²) in [6.45, 7) is 5.12. The summed E-state index contributed by atoms with van der Waals surface area (Å²) in [5.74, 6) is 0. The molecule has 0 radical (unpaired) electrons. The van der Waals surface area contributed by atoms with Gasteiger partial charge in [-0.3, -0.25) is 5.32 Å². The summed E-state index contributed by atoms with van der Waals surface area (Å²) in [7, 11) is 0. The molecule has 0 rings (SSSR count). The van der Waals surface area contributed by atoms with Gasteiger partial charge in [-0.05, 0) is 19.4 Å². The molecular weight excluding hydrogens is 176 g/mol. The van der Waals surface area contributed by atoms with Gasteiger partial charge in [0, 0.05) is 0 Å². The Hall–Kier alpha value is -0.440. The van der Waals surface area contributed by atoms with Crippen LogP contribution in [0.2, 0.25) is 0 Å². The van der Waals surface area contributed by atoms with E-state index in [0.717, 1.165) is 19.4 Å². The maximum Gasteiger partial charge on any atom is 0.142 e. The zero-order valence-corrected chi connectivity index (χ0v) is 9.59. The topological polar surface area (TPSA) is 41.5 Å². The molecule has 0 saturated carbocycles. The third-order valence-electron chi connectivity index (χ3n) is 2.42. The molecular formula is C11H24N2O. The Kier molecular flexibility index (Phi) is 10.3. The van der Waals surface area contributed by atoms with Gasteiger partial charge in [-0.2, -0.15) is 0 Å². The lowest BCUT2D eigenvalue weighted by Gasteiger charge is -2.08. The zero-order chi connectivity index (χ0) is 10.6. The predicted octanol–water partition coefficient (Wildman–Crippen LogP) is 3.44. The minimum absolute atomic E-state index is 0.175. The van der Waals surface area contributed by atoms with E-state index in [2.05, 4.69) is 17.4 Å². The van der Waals surface area contributed by atoms with Gasteiger partial charge in [0.05, 0.1) is 0 Å². The van der Waals surface area contributed by atoms with E-state index >= 15 is 0 Å². The molecule has 0 spiro atoms. The highest BCUT2D eigenvalue weighted by molar-refractivity contribution is 4.60. The SMILES string of the molecule is CCCCCCCCNC(CC)N=O. The second-order valence-electron chi connectivity index (χ2n) is 3.75. The average Bonchev–Trinajstić information content (AvgIpc) is 2.22. The maximum atomic E-state index is 10.2. The Morgan fingerprint density at radius 2 is 1.71 bits per heavy atom. The molecule has 0 fully saturated rings. The summed E-state index contributed by atoms with van der Waals surface area (Å²) in [5.41, 5.74) is 0. The Balaban J connectivity index is 3.08. The smallest absolute Gasteiger partial charge is 0.142 e. The normalized spacial score (nSPS) is 12.7. The van der Waals surface area contributed by atoms with Crippen molar-refractivity contribution in [3.05, 3.63) is 4.91 Å². The first kappa shape index (κ1) is 13.6. The van der Waals surface area contributed by atoms with Crippen LogP contribution >= 0.6 is 0 Å². The molecule has 0 amide bonds. The standard InChI is InChI=1S/C11H24N2O/c1-3-5-6-7-8-9-10-12-11(4-2)13-14/h11-12H,3-10H2,1-2H3. The number of hydrogen-bond acceptors (Lipinski definition) is 3. The molecule has 0 heterocycles. The summed E-state index contributed by atoms with van der Waals surface area (Å²) in [4.78, 5) is 10.2. The molecule has 0 bridgehead atoms. The van der Waals surface area contributed by atoms with E-state index in [1.807, 2.05) is 6.92 Å². The summed E-state index contributed by atoms with van der Waals surface area (Å²) >= 11 is 0. The van der Waals surface area contributed by atoms with Gasteiger partial charge in [0.25, 0.3) is 0 Å². The quantitative estimate of drug-likeness (QED) is 0.433. The van der Waals surface area contributed by atoms with E-state index in [0.29, 0.717) is 0 Å². The Morgan fingerprint density at radius 1 is 1.07 bits per heavy atom. The van der Waals surface area contributed by atoms with E-state index in [-0.39, 0.29) is 6.17 Å². The van der Waals surface area contributed by atoms with Crippen molar-refractivity contribution in [2.45, 2.75) is 65.0 Å². The maximum absolute atomic E-state index is 10.2. The Labute approximate surface area is 87.6 Å². The lowest BCUT2D eigenvalue weighted by Crippen LogP contribution is -2.26. The third-order valence-corrected chi connectivity index (χ3v) is 2.42. The highest BCUT2D eigenvalue weighted by Gasteiger charge is 2.01. The number of nitrogens with one attached hydrogen (secondary N) is 1. The Morgan fingerprint density at radius 3 is 2.29 bits per heavy atom. The first-order chi connectivity index (χ1) is 6.85. The fraction of sp³-hybridized carbons (Fsp3) is 1.00. The first-order valence-electron chi connectivity index (χ1n) is 5.91. The monoisotopic (exact) mass is 200 g/mol. The molecule has 0 aromatic heterocycles. The van der Waals surface area contributed by atoms with Crippen LogP contribution in [-0.4, -0.2) is 12.7 Å². The largest absolute Gasteiger partial charge is 0.293 e. The number of unbranched alkanes of at least 4 members (excludes halogenated alkanes) is 5. The van der Waals surface area contributed by atoms with E-state index in [1.54, 1.807) is 0 Å². The van der Waals surface area contributed by atoms with Gasteiger partial charge in [0.1, 0.15) is 6.17 Å². The van der Waals surface area contributed by atoms with Crippen LogP contribution in [0.3, 0.4) is 0 Å². The van der Waals surface area contributed by atoms with Crippen molar-refractivity contribution in [1.29, 1.82) is 0 Å². The van der Waals surface area contributed by atoms with Crippen LogP contribution in [0.5, 0.6) is 0 Å². The molecule has 0 saturated heterocycles. The van der Waals surface area contributed by atoms with E-state index in [9.17, 15) is 4.91 Å². The van der Waals surface area contributed by atoms with Crippen LogP contribution in [0.4, 0.5) is 0 Å². The van der Waals surface area contributed by atoms with Crippen LogP contribution in [-0.2, 0) is 0 Å². The average molecular weight is 200 g/mol. The lowest BCUT2D eigenvalue weighted by molar-refractivity contribution is 0.489.